The van der Waals surface area contributed by atoms with Gasteiger partial charge in [-0.15, -0.1) is 0 Å². The van der Waals surface area contributed by atoms with Gasteiger partial charge < -0.3 is 4.90 Å². The molecule has 25 heavy (non-hydrogen) atoms. The van der Waals surface area contributed by atoms with Crippen LogP contribution < -0.4 is 4.90 Å². The Morgan fingerprint density at radius 1 is 1.00 bits per heavy atom. The molecule has 3 aliphatic rings. The van der Waals surface area contributed by atoms with Crippen molar-refractivity contribution in [2.45, 2.75) is 64.7 Å². The smallest absolute Gasteiger partial charge is 0.0402 e. The Morgan fingerprint density at radius 3 is 2.48 bits per heavy atom. The van der Waals surface area contributed by atoms with Crippen LogP contribution in [0.5, 0.6) is 0 Å². The second kappa shape index (κ2) is 7.31. The van der Waals surface area contributed by atoms with E-state index in [1.54, 1.807) is 5.56 Å². The highest BCUT2D eigenvalue weighted by Gasteiger charge is 2.31. The number of para-hydroxylation sites is 1. The van der Waals surface area contributed by atoms with Crippen molar-refractivity contribution >= 4 is 5.69 Å². The van der Waals surface area contributed by atoms with Crippen molar-refractivity contribution in [3.8, 4) is 0 Å². The molecule has 2 aliphatic carbocycles. The summed E-state index contributed by atoms with van der Waals surface area (Å²) in [6.07, 6.45) is 9.93. The Morgan fingerprint density at radius 2 is 1.76 bits per heavy atom. The number of piperazine rings is 1. The van der Waals surface area contributed by atoms with Crippen LogP contribution >= 0.6 is 0 Å². The molecule has 138 valence electrons. The maximum absolute atomic E-state index is 2.70. The average molecular weight is 341 g/mol. The van der Waals surface area contributed by atoms with Crippen LogP contribution in [-0.2, 0) is 0 Å². The summed E-state index contributed by atoms with van der Waals surface area (Å²) in [6, 6.07) is 9.30. The Hall–Kier alpha value is -1.02. The lowest BCUT2D eigenvalue weighted by Crippen LogP contribution is -2.47. The van der Waals surface area contributed by atoms with Gasteiger partial charge >= 0.3 is 0 Å². The molecule has 1 aliphatic heterocycles. The zero-order chi connectivity index (χ0) is 17.3. The van der Waals surface area contributed by atoms with Crippen LogP contribution in [-0.4, -0.2) is 37.6 Å². The number of hydrogen-bond donors (Lipinski definition) is 0. The summed E-state index contributed by atoms with van der Waals surface area (Å²) in [4.78, 5) is 5.37. The van der Waals surface area contributed by atoms with Crippen molar-refractivity contribution in [1.82, 2.24) is 4.90 Å². The Labute approximate surface area is 154 Å². The molecule has 4 rings (SSSR count). The van der Waals surface area contributed by atoms with E-state index in [-0.39, 0.29) is 0 Å². The predicted octanol–water partition coefficient (Wildman–Crippen LogP) is 5.29. The van der Waals surface area contributed by atoms with Crippen LogP contribution in [0.25, 0.3) is 0 Å². The minimum atomic E-state index is 0.511. The topological polar surface area (TPSA) is 6.48 Å². The fourth-order valence-corrected chi connectivity index (χ4v) is 5.07. The maximum Gasteiger partial charge on any atom is 0.0402 e. The number of rotatable bonds is 5. The third-order valence-electron chi connectivity index (χ3n) is 6.85. The third-order valence-corrected chi connectivity index (χ3v) is 6.85. The van der Waals surface area contributed by atoms with Gasteiger partial charge in [-0.25, -0.2) is 0 Å². The van der Waals surface area contributed by atoms with E-state index in [4.69, 9.17) is 0 Å². The molecule has 2 saturated carbocycles. The lowest BCUT2D eigenvalue weighted by Gasteiger charge is -2.40. The summed E-state index contributed by atoms with van der Waals surface area (Å²) >= 11 is 0. The van der Waals surface area contributed by atoms with Gasteiger partial charge in [0.25, 0.3) is 0 Å². The van der Waals surface area contributed by atoms with Gasteiger partial charge in [0.15, 0.2) is 0 Å². The molecule has 3 fully saturated rings. The Bertz CT molecular complexity index is 567. The van der Waals surface area contributed by atoms with Gasteiger partial charge in [0.1, 0.15) is 0 Å². The van der Waals surface area contributed by atoms with Gasteiger partial charge in [-0.3, -0.25) is 4.90 Å². The number of hydrogen-bond acceptors (Lipinski definition) is 2. The summed E-state index contributed by atoms with van der Waals surface area (Å²) in [6.45, 7) is 11.2. The van der Waals surface area contributed by atoms with Crippen molar-refractivity contribution in [2.75, 3.05) is 37.6 Å². The molecule has 0 bridgehead atoms. The largest absolute Gasteiger partial charge is 0.369 e. The monoisotopic (exact) mass is 340 g/mol. The van der Waals surface area contributed by atoms with E-state index >= 15 is 0 Å². The SMILES string of the molecule is CC1(C)CCCC(c2ccccc2N2CCN(CCC3CC3)CC2)C1. The van der Waals surface area contributed by atoms with E-state index in [9.17, 15) is 0 Å². The lowest BCUT2D eigenvalue weighted by molar-refractivity contribution is 0.219. The standard InChI is InChI=1S/C23H36N2/c1-23(2)12-5-6-20(18-23)21-7-3-4-8-22(21)25-16-14-24(15-17-25)13-11-19-9-10-19/h3-4,7-8,19-20H,5-6,9-18H2,1-2H3. The molecule has 0 radical (unpaired) electrons. The number of nitrogens with zero attached hydrogens (tertiary/aromatic N) is 2. The molecule has 1 aromatic rings. The second-order valence-corrected chi connectivity index (χ2v) is 9.58. The van der Waals surface area contributed by atoms with Crippen LogP contribution in [0.2, 0.25) is 0 Å². The van der Waals surface area contributed by atoms with Crippen molar-refractivity contribution in [3.63, 3.8) is 0 Å². The molecule has 2 heteroatoms. The van der Waals surface area contributed by atoms with E-state index in [0.29, 0.717) is 5.41 Å². The second-order valence-electron chi connectivity index (χ2n) is 9.58. The van der Waals surface area contributed by atoms with E-state index < -0.39 is 0 Å². The number of benzene rings is 1. The highest BCUT2D eigenvalue weighted by molar-refractivity contribution is 5.55. The van der Waals surface area contributed by atoms with E-state index in [1.165, 1.54) is 83.4 Å². The zero-order valence-electron chi connectivity index (χ0n) is 16.3. The summed E-state index contributed by atoms with van der Waals surface area (Å²) in [5.41, 5.74) is 3.67. The number of anilines is 1. The first kappa shape index (κ1) is 17.4. The van der Waals surface area contributed by atoms with Crippen molar-refractivity contribution in [3.05, 3.63) is 29.8 Å². The first-order valence-electron chi connectivity index (χ1n) is 10.7. The molecule has 0 amide bonds. The van der Waals surface area contributed by atoms with Crippen LogP contribution in [0.1, 0.15) is 70.3 Å². The van der Waals surface area contributed by atoms with E-state index in [0.717, 1.165) is 11.8 Å². The molecular weight excluding hydrogens is 304 g/mol. The summed E-state index contributed by atoms with van der Waals surface area (Å²) in [5, 5.41) is 0. The first-order chi connectivity index (χ1) is 12.1. The van der Waals surface area contributed by atoms with Crippen LogP contribution in [0.3, 0.4) is 0 Å². The van der Waals surface area contributed by atoms with Crippen molar-refractivity contribution in [1.29, 1.82) is 0 Å². The lowest BCUT2D eigenvalue weighted by atomic mass is 9.70. The minimum Gasteiger partial charge on any atom is -0.369 e. The van der Waals surface area contributed by atoms with E-state index in [2.05, 4.69) is 47.9 Å². The van der Waals surface area contributed by atoms with Gasteiger partial charge in [0.05, 0.1) is 0 Å². The third kappa shape index (κ3) is 4.39. The van der Waals surface area contributed by atoms with Crippen molar-refractivity contribution < 1.29 is 0 Å². The van der Waals surface area contributed by atoms with Gasteiger partial charge in [0, 0.05) is 31.9 Å². The fourth-order valence-electron chi connectivity index (χ4n) is 5.07. The molecule has 1 unspecified atom stereocenters. The zero-order valence-corrected chi connectivity index (χ0v) is 16.3. The first-order valence-corrected chi connectivity index (χ1v) is 10.7. The molecule has 1 saturated heterocycles. The average Bonchev–Trinajstić information content (AvgIpc) is 3.44. The predicted molar refractivity (Wildman–Crippen MR) is 107 cm³/mol. The normalized spacial score (nSPS) is 27.4. The molecule has 1 aromatic carbocycles. The van der Waals surface area contributed by atoms with E-state index in [1.807, 2.05) is 0 Å². The molecule has 0 aromatic heterocycles. The molecule has 1 atom stereocenters. The van der Waals surface area contributed by atoms with Crippen molar-refractivity contribution in [2.24, 2.45) is 11.3 Å². The maximum atomic E-state index is 2.70. The quantitative estimate of drug-likeness (QED) is 0.718. The van der Waals surface area contributed by atoms with Crippen LogP contribution in [0, 0.1) is 11.3 Å². The Kier molecular flexibility index (Phi) is 5.08. The van der Waals surface area contributed by atoms with Crippen LogP contribution in [0.4, 0.5) is 5.69 Å². The summed E-state index contributed by atoms with van der Waals surface area (Å²) < 4.78 is 0. The molecule has 1 heterocycles. The Balaban J connectivity index is 1.40. The summed E-state index contributed by atoms with van der Waals surface area (Å²) in [5.74, 6) is 1.82. The van der Waals surface area contributed by atoms with Gasteiger partial charge in [-0.05, 0) is 61.1 Å². The summed E-state index contributed by atoms with van der Waals surface area (Å²) in [7, 11) is 0. The van der Waals surface area contributed by atoms with Gasteiger partial charge in [-0.1, -0.05) is 51.3 Å². The highest BCUT2D eigenvalue weighted by atomic mass is 15.3. The molecule has 0 spiro atoms. The molecular formula is C23H36N2. The highest BCUT2D eigenvalue weighted by Crippen LogP contribution is 2.45. The van der Waals surface area contributed by atoms with Crippen LogP contribution in [0.15, 0.2) is 24.3 Å². The molecule has 2 nitrogen and oxygen atoms in total. The molecule has 0 N–H and O–H groups in total. The van der Waals surface area contributed by atoms with Gasteiger partial charge in [0.2, 0.25) is 0 Å². The van der Waals surface area contributed by atoms with Gasteiger partial charge in [-0.2, -0.15) is 0 Å². The minimum absolute atomic E-state index is 0.511. The fraction of sp³-hybridized carbons (Fsp3) is 0.739.